The first kappa shape index (κ1) is 13.7. The molecular formula is C16H17NO4. The topological polar surface area (TPSA) is 89.6 Å². The Morgan fingerprint density at radius 3 is 2.71 bits per heavy atom. The molecule has 0 spiro atoms. The number of aromatic hydroxyl groups is 1. The lowest BCUT2D eigenvalue weighted by molar-refractivity contribution is 0.457. The van der Waals surface area contributed by atoms with Gasteiger partial charge < -0.3 is 19.7 Å². The molecule has 5 nitrogen and oxygen atoms in total. The van der Waals surface area contributed by atoms with Crippen molar-refractivity contribution in [1.82, 2.24) is 0 Å². The van der Waals surface area contributed by atoms with Crippen LogP contribution in [0.3, 0.4) is 0 Å². The lowest BCUT2D eigenvalue weighted by Gasteiger charge is -1.99. The highest BCUT2D eigenvalue weighted by Gasteiger charge is 2.15. The lowest BCUT2D eigenvalue weighted by Crippen LogP contribution is -2.03. The summed E-state index contributed by atoms with van der Waals surface area (Å²) in [6, 6.07) is 5.01. The Kier molecular flexibility index (Phi) is 3.43. The van der Waals surface area contributed by atoms with Crippen LogP contribution in [0.5, 0.6) is 5.75 Å². The standard InChI is InChI=1S/C16H17NO4/c1-9-6-11-13(8-12(9)18)21-14-7-10(4-2-3-5-17)20-16(19)15(11)14/h6-8,18H,2-5,17H2,1H3. The van der Waals surface area contributed by atoms with Crippen molar-refractivity contribution >= 4 is 21.9 Å². The number of furan rings is 1. The van der Waals surface area contributed by atoms with Crippen molar-refractivity contribution in [2.24, 2.45) is 5.73 Å². The van der Waals surface area contributed by atoms with E-state index < -0.39 is 5.63 Å². The summed E-state index contributed by atoms with van der Waals surface area (Å²) in [4.78, 5) is 12.2. The number of nitrogens with two attached hydrogens (primary N) is 1. The van der Waals surface area contributed by atoms with Gasteiger partial charge in [0.1, 0.15) is 28.1 Å². The molecule has 0 bridgehead atoms. The van der Waals surface area contributed by atoms with Gasteiger partial charge in [-0.3, -0.25) is 0 Å². The van der Waals surface area contributed by atoms with Crippen molar-refractivity contribution in [2.75, 3.05) is 6.54 Å². The minimum atomic E-state index is -0.404. The average molecular weight is 287 g/mol. The van der Waals surface area contributed by atoms with Crippen molar-refractivity contribution < 1.29 is 13.9 Å². The number of hydrogen-bond acceptors (Lipinski definition) is 5. The molecule has 2 aromatic heterocycles. The number of phenols is 1. The molecule has 0 amide bonds. The van der Waals surface area contributed by atoms with Crippen LogP contribution in [-0.2, 0) is 6.42 Å². The minimum Gasteiger partial charge on any atom is -0.508 e. The van der Waals surface area contributed by atoms with E-state index in [0.717, 1.165) is 12.8 Å². The normalized spacial score (nSPS) is 11.5. The Hall–Kier alpha value is -2.27. The molecule has 0 aliphatic rings. The van der Waals surface area contributed by atoms with Crippen LogP contribution in [0.2, 0.25) is 0 Å². The molecule has 0 aliphatic carbocycles. The first-order chi connectivity index (χ1) is 10.1. The average Bonchev–Trinajstić information content (AvgIpc) is 2.77. The molecule has 1 aromatic carbocycles. The molecule has 3 rings (SSSR count). The quantitative estimate of drug-likeness (QED) is 0.720. The third-order valence-corrected chi connectivity index (χ3v) is 3.63. The monoisotopic (exact) mass is 287 g/mol. The Bertz CT molecular complexity index is 860. The number of hydrogen-bond donors (Lipinski definition) is 2. The SMILES string of the molecule is Cc1cc2c(cc1O)oc1cc(CCCCN)oc(=O)c12. The summed E-state index contributed by atoms with van der Waals surface area (Å²) < 4.78 is 11.0. The summed E-state index contributed by atoms with van der Waals surface area (Å²) in [5.41, 5.74) is 6.73. The molecular weight excluding hydrogens is 270 g/mol. The van der Waals surface area contributed by atoms with Gasteiger partial charge in [-0.15, -0.1) is 0 Å². The Morgan fingerprint density at radius 2 is 1.95 bits per heavy atom. The number of rotatable bonds is 4. The van der Waals surface area contributed by atoms with E-state index in [2.05, 4.69) is 0 Å². The first-order valence-corrected chi connectivity index (χ1v) is 6.99. The van der Waals surface area contributed by atoms with Gasteiger partial charge >= 0.3 is 5.63 Å². The van der Waals surface area contributed by atoms with Crippen LogP contribution in [0, 0.1) is 6.92 Å². The van der Waals surface area contributed by atoms with E-state index in [0.29, 0.717) is 46.2 Å². The molecule has 2 heterocycles. The Morgan fingerprint density at radius 1 is 1.14 bits per heavy atom. The molecule has 3 N–H and O–H groups in total. The van der Waals surface area contributed by atoms with Crippen LogP contribution >= 0.6 is 0 Å². The van der Waals surface area contributed by atoms with Crippen LogP contribution < -0.4 is 11.4 Å². The van der Waals surface area contributed by atoms with E-state index in [9.17, 15) is 9.90 Å². The van der Waals surface area contributed by atoms with E-state index in [1.165, 1.54) is 6.07 Å². The highest BCUT2D eigenvalue weighted by Crippen LogP contribution is 2.31. The Balaban J connectivity index is 2.15. The fourth-order valence-corrected chi connectivity index (χ4v) is 2.48. The lowest BCUT2D eigenvalue weighted by atomic mass is 10.1. The molecule has 0 fully saturated rings. The summed E-state index contributed by atoms with van der Waals surface area (Å²) in [6.45, 7) is 2.39. The van der Waals surface area contributed by atoms with Gasteiger partial charge in [0.25, 0.3) is 0 Å². The third-order valence-electron chi connectivity index (χ3n) is 3.63. The van der Waals surface area contributed by atoms with Gasteiger partial charge in [-0.25, -0.2) is 4.79 Å². The second-order valence-corrected chi connectivity index (χ2v) is 5.22. The van der Waals surface area contributed by atoms with Gasteiger partial charge in [0.15, 0.2) is 0 Å². The zero-order valence-corrected chi connectivity index (χ0v) is 11.8. The van der Waals surface area contributed by atoms with Crippen molar-refractivity contribution in [3.8, 4) is 5.75 Å². The van der Waals surface area contributed by atoms with Crippen molar-refractivity contribution in [1.29, 1.82) is 0 Å². The number of aryl methyl sites for hydroxylation is 2. The fourth-order valence-electron chi connectivity index (χ4n) is 2.48. The maximum atomic E-state index is 12.2. The molecule has 0 atom stereocenters. The highest BCUT2D eigenvalue weighted by atomic mass is 16.4. The van der Waals surface area contributed by atoms with E-state index in [4.69, 9.17) is 14.6 Å². The van der Waals surface area contributed by atoms with Crippen LogP contribution in [0.1, 0.15) is 24.2 Å². The highest BCUT2D eigenvalue weighted by molar-refractivity contribution is 6.04. The zero-order chi connectivity index (χ0) is 15.0. The zero-order valence-electron chi connectivity index (χ0n) is 11.8. The predicted octanol–water partition coefficient (Wildman–Crippen LogP) is 2.83. The molecule has 5 heteroatoms. The van der Waals surface area contributed by atoms with Crippen molar-refractivity contribution in [3.05, 3.63) is 39.9 Å². The molecule has 0 radical (unpaired) electrons. The van der Waals surface area contributed by atoms with Gasteiger partial charge in [-0.05, 0) is 37.9 Å². The molecule has 0 unspecified atom stereocenters. The van der Waals surface area contributed by atoms with Gasteiger partial charge in [-0.1, -0.05) is 0 Å². The molecule has 0 saturated heterocycles. The molecule has 0 saturated carbocycles. The van der Waals surface area contributed by atoms with E-state index in [-0.39, 0.29) is 5.75 Å². The first-order valence-electron chi connectivity index (χ1n) is 6.99. The van der Waals surface area contributed by atoms with Crippen molar-refractivity contribution in [3.63, 3.8) is 0 Å². The van der Waals surface area contributed by atoms with E-state index in [1.807, 2.05) is 0 Å². The van der Waals surface area contributed by atoms with Gasteiger partial charge in [0, 0.05) is 23.9 Å². The number of phenolic OH excluding ortho intramolecular Hbond substituents is 1. The Labute approximate surface area is 121 Å². The third kappa shape index (κ3) is 2.40. The summed E-state index contributed by atoms with van der Waals surface area (Å²) in [5.74, 6) is 0.745. The number of fused-ring (bicyclic) bond motifs is 3. The molecule has 21 heavy (non-hydrogen) atoms. The summed E-state index contributed by atoms with van der Waals surface area (Å²) in [5, 5.41) is 10.8. The van der Waals surface area contributed by atoms with E-state index >= 15 is 0 Å². The maximum Gasteiger partial charge on any atom is 0.347 e. The van der Waals surface area contributed by atoms with Gasteiger partial charge in [0.2, 0.25) is 0 Å². The molecule has 0 aliphatic heterocycles. The van der Waals surface area contributed by atoms with Crippen LogP contribution in [-0.4, -0.2) is 11.7 Å². The summed E-state index contributed by atoms with van der Waals surface area (Å²) >= 11 is 0. The van der Waals surface area contributed by atoms with Gasteiger partial charge in [-0.2, -0.15) is 0 Å². The number of benzene rings is 1. The largest absolute Gasteiger partial charge is 0.508 e. The smallest absolute Gasteiger partial charge is 0.347 e. The van der Waals surface area contributed by atoms with Crippen LogP contribution in [0.15, 0.2) is 31.8 Å². The van der Waals surface area contributed by atoms with E-state index in [1.54, 1.807) is 19.1 Å². The maximum absolute atomic E-state index is 12.2. The molecule has 3 aromatic rings. The minimum absolute atomic E-state index is 0.147. The van der Waals surface area contributed by atoms with Crippen molar-refractivity contribution in [2.45, 2.75) is 26.2 Å². The fraction of sp³-hybridized carbons (Fsp3) is 0.312. The molecule has 110 valence electrons. The second kappa shape index (κ2) is 5.26. The summed E-state index contributed by atoms with van der Waals surface area (Å²) in [6.07, 6.45) is 2.41. The predicted molar refractivity (Wildman–Crippen MR) is 80.7 cm³/mol. The summed E-state index contributed by atoms with van der Waals surface area (Å²) in [7, 11) is 0. The van der Waals surface area contributed by atoms with Crippen LogP contribution in [0.25, 0.3) is 21.9 Å². The number of unbranched alkanes of at least 4 members (excludes halogenated alkanes) is 1. The second-order valence-electron chi connectivity index (χ2n) is 5.22. The van der Waals surface area contributed by atoms with Crippen LogP contribution in [0.4, 0.5) is 0 Å². The van der Waals surface area contributed by atoms with Gasteiger partial charge in [0.05, 0.1) is 0 Å².